The second-order valence-electron chi connectivity index (χ2n) is 3.18. The molecule has 1 aliphatic rings. The first-order chi connectivity index (χ1) is 6.29. The number of hydrogen-bond donors (Lipinski definition) is 0. The van der Waals surface area contributed by atoms with Gasteiger partial charge in [-0.2, -0.15) is 0 Å². The van der Waals surface area contributed by atoms with Crippen molar-refractivity contribution in [2.24, 2.45) is 0 Å². The predicted octanol–water partition coefficient (Wildman–Crippen LogP) is 1.61. The Morgan fingerprint density at radius 1 is 1.54 bits per heavy atom. The van der Waals surface area contributed by atoms with Crippen molar-refractivity contribution in [1.82, 2.24) is 4.90 Å². The molecule has 0 saturated carbocycles. The Balaban J connectivity index is 2.56. The van der Waals surface area contributed by atoms with E-state index in [1.807, 2.05) is 6.92 Å². The highest BCUT2D eigenvalue weighted by Gasteiger charge is 2.16. The first-order valence-electron chi connectivity index (χ1n) is 4.86. The summed E-state index contributed by atoms with van der Waals surface area (Å²) in [5.74, 6) is 1.07. The standard InChI is InChI=1S/C10H19NO2/c1-4-10-9(2)13-8-6-11(10)5-7-12-3/h4-8H2,1-3H3. The Kier molecular flexibility index (Phi) is 4.09. The first kappa shape index (κ1) is 10.4. The Hall–Kier alpha value is -0.700. The van der Waals surface area contributed by atoms with E-state index < -0.39 is 0 Å². The fraction of sp³-hybridized carbons (Fsp3) is 0.800. The largest absolute Gasteiger partial charge is 0.495 e. The van der Waals surface area contributed by atoms with E-state index in [9.17, 15) is 0 Å². The van der Waals surface area contributed by atoms with Gasteiger partial charge in [-0.05, 0) is 13.3 Å². The predicted molar refractivity (Wildman–Crippen MR) is 52.4 cm³/mol. The zero-order valence-electron chi connectivity index (χ0n) is 8.80. The van der Waals surface area contributed by atoms with Gasteiger partial charge in [0.15, 0.2) is 0 Å². The summed E-state index contributed by atoms with van der Waals surface area (Å²) in [5, 5.41) is 0. The van der Waals surface area contributed by atoms with Gasteiger partial charge in [0.25, 0.3) is 0 Å². The van der Waals surface area contributed by atoms with Gasteiger partial charge < -0.3 is 14.4 Å². The van der Waals surface area contributed by atoms with Crippen molar-refractivity contribution in [1.29, 1.82) is 0 Å². The summed E-state index contributed by atoms with van der Waals surface area (Å²) in [4.78, 5) is 2.35. The van der Waals surface area contributed by atoms with Crippen molar-refractivity contribution < 1.29 is 9.47 Å². The number of allylic oxidation sites excluding steroid dienone is 2. The van der Waals surface area contributed by atoms with E-state index >= 15 is 0 Å². The molecule has 0 aromatic rings. The average molecular weight is 185 g/mol. The molecule has 0 spiro atoms. The molecule has 0 fully saturated rings. The second-order valence-corrected chi connectivity index (χ2v) is 3.18. The minimum absolute atomic E-state index is 0.788. The molecular formula is C10H19NO2. The maximum Gasteiger partial charge on any atom is 0.112 e. The van der Waals surface area contributed by atoms with Crippen LogP contribution in [0.5, 0.6) is 0 Å². The van der Waals surface area contributed by atoms with Crippen molar-refractivity contribution in [2.75, 3.05) is 33.4 Å². The van der Waals surface area contributed by atoms with Gasteiger partial charge in [0.05, 0.1) is 18.8 Å². The van der Waals surface area contributed by atoms with Crippen LogP contribution < -0.4 is 0 Å². The van der Waals surface area contributed by atoms with Gasteiger partial charge in [-0.3, -0.25) is 0 Å². The van der Waals surface area contributed by atoms with E-state index in [4.69, 9.17) is 9.47 Å². The van der Waals surface area contributed by atoms with Crippen LogP contribution in [-0.4, -0.2) is 38.3 Å². The third kappa shape index (κ3) is 2.62. The van der Waals surface area contributed by atoms with Crippen LogP contribution in [0.3, 0.4) is 0 Å². The highest BCUT2D eigenvalue weighted by molar-refractivity contribution is 5.07. The molecule has 1 heterocycles. The molecular weight excluding hydrogens is 166 g/mol. The minimum Gasteiger partial charge on any atom is -0.495 e. The lowest BCUT2D eigenvalue weighted by atomic mass is 10.2. The van der Waals surface area contributed by atoms with E-state index in [1.165, 1.54) is 5.70 Å². The average Bonchev–Trinajstić information content (AvgIpc) is 2.15. The van der Waals surface area contributed by atoms with Crippen LogP contribution in [-0.2, 0) is 9.47 Å². The van der Waals surface area contributed by atoms with Gasteiger partial charge in [-0.15, -0.1) is 0 Å². The molecule has 3 nitrogen and oxygen atoms in total. The fourth-order valence-electron chi connectivity index (χ4n) is 1.67. The topological polar surface area (TPSA) is 21.7 Å². The molecule has 0 radical (unpaired) electrons. The Labute approximate surface area is 80.3 Å². The fourth-order valence-corrected chi connectivity index (χ4v) is 1.67. The van der Waals surface area contributed by atoms with Crippen LogP contribution in [0.1, 0.15) is 20.3 Å². The monoisotopic (exact) mass is 185 g/mol. The van der Waals surface area contributed by atoms with Crippen LogP contribution in [0.2, 0.25) is 0 Å². The second kappa shape index (κ2) is 5.12. The Bertz CT molecular complexity index is 189. The number of ether oxygens (including phenoxy) is 2. The summed E-state index contributed by atoms with van der Waals surface area (Å²) in [5.41, 5.74) is 1.32. The summed E-state index contributed by atoms with van der Waals surface area (Å²) in [6.07, 6.45) is 1.04. The van der Waals surface area contributed by atoms with Gasteiger partial charge >= 0.3 is 0 Å². The molecule has 0 aromatic carbocycles. The van der Waals surface area contributed by atoms with Crippen molar-refractivity contribution in [2.45, 2.75) is 20.3 Å². The molecule has 0 bridgehead atoms. The van der Waals surface area contributed by atoms with Gasteiger partial charge in [-0.25, -0.2) is 0 Å². The molecule has 13 heavy (non-hydrogen) atoms. The molecule has 0 amide bonds. The summed E-state index contributed by atoms with van der Waals surface area (Å²) < 4.78 is 10.6. The highest BCUT2D eigenvalue weighted by Crippen LogP contribution is 2.18. The molecule has 0 unspecified atom stereocenters. The van der Waals surface area contributed by atoms with Crippen LogP contribution in [0, 0.1) is 0 Å². The maximum atomic E-state index is 5.49. The molecule has 0 aliphatic carbocycles. The molecule has 0 atom stereocenters. The molecule has 3 heteroatoms. The third-order valence-electron chi connectivity index (χ3n) is 2.37. The third-order valence-corrected chi connectivity index (χ3v) is 2.37. The van der Waals surface area contributed by atoms with Gasteiger partial charge in [0, 0.05) is 13.7 Å². The van der Waals surface area contributed by atoms with Gasteiger partial charge in [0.1, 0.15) is 12.4 Å². The van der Waals surface area contributed by atoms with Gasteiger partial charge in [0.2, 0.25) is 0 Å². The SMILES string of the molecule is CCC1=C(C)OCCN1CCOC. The Morgan fingerprint density at radius 2 is 2.31 bits per heavy atom. The van der Waals surface area contributed by atoms with Crippen LogP contribution in [0.25, 0.3) is 0 Å². The van der Waals surface area contributed by atoms with Crippen LogP contribution in [0.4, 0.5) is 0 Å². The molecule has 1 rings (SSSR count). The minimum atomic E-state index is 0.788. The van der Waals surface area contributed by atoms with Crippen LogP contribution >= 0.6 is 0 Å². The van der Waals surface area contributed by atoms with E-state index in [0.717, 1.165) is 38.5 Å². The number of hydrogen-bond acceptors (Lipinski definition) is 3. The number of methoxy groups -OCH3 is 1. The van der Waals surface area contributed by atoms with Crippen molar-refractivity contribution in [3.05, 3.63) is 11.5 Å². The maximum absolute atomic E-state index is 5.49. The molecule has 1 aliphatic heterocycles. The smallest absolute Gasteiger partial charge is 0.112 e. The van der Waals surface area contributed by atoms with Crippen molar-refractivity contribution in [3.63, 3.8) is 0 Å². The van der Waals surface area contributed by atoms with Crippen molar-refractivity contribution >= 4 is 0 Å². The molecule has 0 saturated heterocycles. The summed E-state index contributed by atoms with van der Waals surface area (Å²) in [6, 6.07) is 0. The number of rotatable bonds is 4. The Morgan fingerprint density at radius 3 is 2.92 bits per heavy atom. The van der Waals surface area contributed by atoms with Crippen molar-refractivity contribution in [3.8, 4) is 0 Å². The summed E-state index contributed by atoms with van der Waals surface area (Å²) in [7, 11) is 1.74. The molecule has 0 N–H and O–H groups in total. The van der Waals surface area contributed by atoms with Gasteiger partial charge in [-0.1, -0.05) is 6.92 Å². The summed E-state index contributed by atoms with van der Waals surface area (Å²) in [6.45, 7) is 7.76. The number of nitrogens with zero attached hydrogens (tertiary/aromatic N) is 1. The van der Waals surface area contributed by atoms with Crippen LogP contribution in [0.15, 0.2) is 11.5 Å². The zero-order chi connectivity index (χ0) is 9.68. The quantitative estimate of drug-likeness (QED) is 0.664. The zero-order valence-corrected chi connectivity index (χ0v) is 8.80. The molecule has 0 aromatic heterocycles. The lowest BCUT2D eigenvalue weighted by molar-refractivity contribution is 0.101. The van der Waals surface area contributed by atoms with E-state index in [2.05, 4.69) is 11.8 Å². The van der Waals surface area contributed by atoms with E-state index in [1.54, 1.807) is 7.11 Å². The lowest BCUT2D eigenvalue weighted by Crippen LogP contribution is -2.34. The van der Waals surface area contributed by atoms with E-state index in [0.29, 0.717) is 0 Å². The van der Waals surface area contributed by atoms with E-state index in [-0.39, 0.29) is 0 Å². The lowest BCUT2D eigenvalue weighted by Gasteiger charge is -2.32. The summed E-state index contributed by atoms with van der Waals surface area (Å²) >= 11 is 0. The highest BCUT2D eigenvalue weighted by atomic mass is 16.5. The molecule has 76 valence electrons. The normalized spacial score (nSPS) is 17.6. The first-order valence-corrected chi connectivity index (χ1v) is 4.86.